The van der Waals surface area contributed by atoms with Crippen LogP contribution in [-0.4, -0.2) is 50.8 Å². The topological polar surface area (TPSA) is 52.8 Å². The van der Waals surface area contributed by atoms with Gasteiger partial charge < -0.3 is 23.7 Å². The van der Waals surface area contributed by atoms with Crippen molar-refractivity contribution in [2.24, 2.45) is 0 Å². The van der Waals surface area contributed by atoms with Crippen LogP contribution in [0.4, 0.5) is 0 Å². The van der Waals surface area contributed by atoms with E-state index in [4.69, 9.17) is 23.7 Å². The molecule has 0 aromatic heterocycles. The van der Waals surface area contributed by atoms with Gasteiger partial charge in [0.15, 0.2) is 0 Å². The van der Waals surface area contributed by atoms with Crippen LogP contribution in [0.2, 0.25) is 0 Å². The van der Waals surface area contributed by atoms with E-state index in [2.05, 4.69) is 72.8 Å². The second kappa shape index (κ2) is 11.5. The van der Waals surface area contributed by atoms with E-state index in [0.717, 1.165) is 50.0 Å². The Labute approximate surface area is 277 Å². The third kappa shape index (κ3) is 5.10. The third-order valence-corrected chi connectivity index (χ3v) is 11.8. The number of hydrogen-bond acceptors (Lipinski definition) is 5. The minimum absolute atomic E-state index is 0.438. The van der Waals surface area contributed by atoms with E-state index in [1.807, 2.05) is 0 Å². The molecule has 6 unspecified atom stereocenters. The molecule has 4 aromatic carbocycles. The summed E-state index contributed by atoms with van der Waals surface area (Å²) in [6.45, 7) is 2.13. The summed E-state index contributed by atoms with van der Waals surface area (Å²) in [7, 11) is 0. The lowest BCUT2D eigenvalue weighted by Gasteiger charge is -2.25. The average Bonchev–Trinajstić information content (AvgIpc) is 4.00. The highest BCUT2D eigenvalue weighted by atomic mass is 16.6. The van der Waals surface area contributed by atoms with Crippen molar-refractivity contribution in [2.45, 2.75) is 87.6 Å². The molecular formula is C42H42O5. The minimum Gasteiger partial charge on any atom is -0.491 e. The molecule has 6 aliphatic rings. The molecule has 2 saturated heterocycles. The minimum atomic E-state index is 0.438. The Balaban J connectivity index is 0.816. The highest BCUT2D eigenvalue weighted by Gasteiger charge is 2.46. The molecule has 6 atom stereocenters. The average molecular weight is 627 g/mol. The Morgan fingerprint density at radius 2 is 0.979 bits per heavy atom. The zero-order chi connectivity index (χ0) is 30.9. The lowest BCUT2D eigenvalue weighted by Crippen LogP contribution is -2.17. The van der Waals surface area contributed by atoms with Gasteiger partial charge in [-0.05, 0) is 94.9 Å². The van der Waals surface area contributed by atoms with Crippen molar-refractivity contribution in [3.63, 3.8) is 0 Å². The van der Waals surface area contributed by atoms with E-state index in [1.54, 1.807) is 0 Å². The SMILES string of the molecule is c1ccc2c(c1)Cc1c-2ccc(C2CCC3OC3C2)c1OCCOCCOc1c(C2CCC3OC3C2)ccc2c1Cc1ccccc1-2. The molecule has 2 aliphatic heterocycles. The molecule has 4 fully saturated rings. The molecule has 0 bridgehead atoms. The summed E-state index contributed by atoms with van der Waals surface area (Å²) in [5.74, 6) is 3.15. The van der Waals surface area contributed by atoms with Gasteiger partial charge in [0.2, 0.25) is 0 Å². The van der Waals surface area contributed by atoms with Crippen molar-refractivity contribution >= 4 is 0 Å². The number of epoxide rings is 2. The standard InChI is InChI=1S/C42H42O5/c1-3-7-29-25(5-1)21-35-33(29)13-11-31(27-9-15-37-39(23-27)46-37)41(35)44-19-17-43-18-20-45-42-32(28-10-16-38-40(24-28)47-38)12-14-34-30-8-4-2-6-26(30)22-36(34)42/h1-8,11-14,27-28,37-40H,9-10,15-24H2. The number of ether oxygens (including phenoxy) is 5. The molecule has 240 valence electrons. The number of hydrogen-bond donors (Lipinski definition) is 0. The summed E-state index contributed by atoms with van der Waals surface area (Å²) in [6, 6.07) is 26.9. The molecule has 2 heterocycles. The highest BCUT2D eigenvalue weighted by molar-refractivity contribution is 5.81. The van der Waals surface area contributed by atoms with E-state index in [9.17, 15) is 0 Å². The predicted octanol–water partition coefficient (Wildman–Crippen LogP) is 8.37. The van der Waals surface area contributed by atoms with E-state index in [0.29, 0.717) is 62.7 Å². The van der Waals surface area contributed by atoms with Gasteiger partial charge in [-0.25, -0.2) is 0 Å². The molecule has 5 nitrogen and oxygen atoms in total. The van der Waals surface area contributed by atoms with Gasteiger partial charge in [0.05, 0.1) is 37.6 Å². The fourth-order valence-corrected chi connectivity index (χ4v) is 9.27. The first-order chi connectivity index (χ1) is 23.3. The summed E-state index contributed by atoms with van der Waals surface area (Å²) in [5, 5.41) is 0. The Bertz CT molecular complexity index is 1710. The fourth-order valence-electron chi connectivity index (χ4n) is 9.27. The largest absolute Gasteiger partial charge is 0.491 e. The van der Waals surface area contributed by atoms with Gasteiger partial charge in [-0.1, -0.05) is 72.8 Å². The molecule has 4 aliphatic carbocycles. The van der Waals surface area contributed by atoms with Crippen molar-refractivity contribution in [3.05, 3.63) is 106 Å². The van der Waals surface area contributed by atoms with Gasteiger partial charge in [-0.3, -0.25) is 0 Å². The molecule has 47 heavy (non-hydrogen) atoms. The lowest BCUT2D eigenvalue weighted by molar-refractivity contribution is 0.0753. The maximum atomic E-state index is 6.67. The van der Waals surface area contributed by atoms with Crippen LogP contribution >= 0.6 is 0 Å². The lowest BCUT2D eigenvalue weighted by atomic mass is 9.82. The molecule has 0 radical (unpaired) electrons. The van der Waals surface area contributed by atoms with Crippen LogP contribution in [-0.2, 0) is 27.1 Å². The Morgan fingerprint density at radius 1 is 0.489 bits per heavy atom. The second-order valence-corrected chi connectivity index (χ2v) is 14.4. The Hall–Kier alpha value is -3.64. The van der Waals surface area contributed by atoms with Gasteiger partial charge in [-0.15, -0.1) is 0 Å². The first-order valence-electron chi connectivity index (χ1n) is 17.9. The molecule has 0 spiro atoms. The number of benzene rings is 4. The molecule has 5 heteroatoms. The first-order valence-corrected chi connectivity index (χ1v) is 17.9. The zero-order valence-electron chi connectivity index (χ0n) is 26.9. The normalized spacial score (nSPS) is 27.1. The van der Waals surface area contributed by atoms with E-state index in [-0.39, 0.29) is 0 Å². The van der Waals surface area contributed by atoms with Gasteiger partial charge in [0.25, 0.3) is 0 Å². The van der Waals surface area contributed by atoms with Crippen LogP contribution in [0.3, 0.4) is 0 Å². The van der Waals surface area contributed by atoms with Crippen molar-refractivity contribution < 1.29 is 23.7 Å². The Kier molecular flexibility index (Phi) is 6.95. The van der Waals surface area contributed by atoms with Crippen molar-refractivity contribution in [2.75, 3.05) is 26.4 Å². The van der Waals surface area contributed by atoms with Crippen LogP contribution in [0.15, 0.2) is 72.8 Å². The van der Waals surface area contributed by atoms with Crippen LogP contribution in [0.25, 0.3) is 22.3 Å². The molecular weight excluding hydrogens is 584 g/mol. The van der Waals surface area contributed by atoms with E-state index < -0.39 is 0 Å². The quantitative estimate of drug-likeness (QED) is 0.113. The Morgan fingerprint density at radius 3 is 1.47 bits per heavy atom. The first kappa shape index (κ1) is 28.4. The maximum absolute atomic E-state index is 6.67. The van der Waals surface area contributed by atoms with Crippen LogP contribution in [0.1, 0.15) is 83.7 Å². The highest BCUT2D eigenvalue weighted by Crippen LogP contribution is 2.51. The summed E-state index contributed by atoms with van der Waals surface area (Å²) < 4.78 is 31.3. The van der Waals surface area contributed by atoms with Gasteiger partial charge >= 0.3 is 0 Å². The summed E-state index contributed by atoms with van der Waals surface area (Å²) in [6.07, 6.45) is 10.6. The summed E-state index contributed by atoms with van der Waals surface area (Å²) >= 11 is 0. The number of rotatable bonds is 10. The van der Waals surface area contributed by atoms with Crippen molar-refractivity contribution in [1.29, 1.82) is 0 Å². The van der Waals surface area contributed by atoms with Crippen LogP contribution < -0.4 is 9.47 Å². The van der Waals surface area contributed by atoms with E-state index >= 15 is 0 Å². The van der Waals surface area contributed by atoms with E-state index in [1.165, 1.54) is 68.5 Å². The predicted molar refractivity (Wildman–Crippen MR) is 182 cm³/mol. The van der Waals surface area contributed by atoms with Gasteiger partial charge in [0, 0.05) is 24.0 Å². The monoisotopic (exact) mass is 626 g/mol. The summed E-state index contributed by atoms with van der Waals surface area (Å²) in [4.78, 5) is 0. The smallest absolute Gasteiger partial charge is 0.127 e. The molecule has 0 amide bonds. The van der Waals surface area contributed by atoms with Gasteiger partial charge in [-0.2, -0.15) is 0 Å². The molecule has 0 N–H and O–H groups in total. The molecule has 4 aromatic rings. The molecule has 2 saturated carbocycles. The maximum Gasteiger partial charge on any atom is 0.127 e. The second-order valence-electron chi connectivity index (χ2n) is 14.4. The zero-order valence-corrected chi connectivity index (χ0v) is 26.9. The van der Waals surface area contributed by atoms with Crippen LogP contribution in [0, 0.1) is 0 Å². The third-order valence-electron chi connectivity index (χ3n) is 11.8. The molecule has 10 rings (SSSR count). The van der Waals surface area contributed by atoms with Crippen molar-refractivity contribution in [3.8, 4) is 33.8 Å². The summed E-state index contributed by atoms with van der Waals surface area (Å²) in [5.41, 5.74) is 13.5. The number of fused-ring (bicyclic) bond motifs is 8. The fraction of sp³-hybridized carbons (Fsp3) is 0.429. The van der Waals surface area contributed by atoms with Crippen LogP contribution in [0.5, 0.6) is 11.5 Å². The van der Waals surface area contributed by atoms with Crippen molar-refractivity contribution in [1.82, 2.24) is 0 Å². The van der Waals surface area contributed by atoms with Gasteiger partial charge in [0.1, 0.15) is 24.7 Å².